The first-order chi connectivity index (χ1) is 17.2. The Labute approximate surface area is 219 Å². The summed E-state index contributed by atoms with van der Waals surface area (Å²) in [4.78, 5) is 46.7. The summed E-state index contributed by atoms with van der Waals surface area (Å²) < 4.78 is 1.29. The van der Waals surface area contributed by atoms with E-state index in [1.54, 1.807) is 28.4 Å². The summed E-state index contributed by atoms with van der Waals surface area (Å²) in [5.74, 6) is 4.76. The van der Waals surface area contributed by atoms with E-state index >= 15 is 0 Å². The van der Waals surface area contributed by atoms with E-state index in [-0.39, 0.29) is 28.6 Å². The van der Waals surface area contributed by atoms with Crippen LogP contribution >= 0.6 is 22.9 Å². The molecule has 5 rings (SSSR count). The van der Waals surface area contributed by atoms with E-state index in [1.807, 2.05) is 11.8 Å². The highest BCUT2D eigenvalue weighted by molar-refractivity contribution is 7.09. The van der Waals surface area contributed by atoms with Gasteiger partial charge in [-0.05, 0) is 50.3 Å². The van der Waals surface area contributed by atoms with Gasteiger partial charge in [0.05, 0.1) is 21.7 Å². The van der Waals surface area contributed by atoms with Gasteiger partial charge in [-0.1, -0.05) is 17.7 Å². The quantitative estimate of drug-likeness (QED) is 0.311. The van der Waals surface area contributed by atoms with Gasteiger partial charge in [0.25, 0.3) is 17.6 Å². The fourth-order valence-corrected chi connectivity index (χ4v) is 6.22. The Balaban J connectivity index is 1.41. The zero-order valence-electron chi connectivity index (χ0n) is 20.4. The lowest BCUT2D eigenvalue weighted by molar-refractivity contribution is -0.125. The third-order valence-corrected chi connectivity index (χ3v) is 8.47. The number of halogens is 1. The Bertz CT molecular complexity index is 1310. The highest BCUT2D eigenvalue weighted by Crippen LogP contribution is 2.30. The number of likely N-dealkylation sites (tertiary alicyclic amines) is 1. The monoisotopic (exact) mass is 527 g/mol. The van der Waals surface area contributed by atoms with Crippen molar-refractivity contribution in [2.75, 3.05) is 32.0 Å². The number of aromatic nitrogens is 1. The van der Waals surface area contributed by atoms with Gasteiger partial charge in [-0.15, -0.1) is 11.3 Å². The van der Waals surface area contributed by atoms with Crippen molar-refractivity contribution in [1.29, 1.82) is 0 Å². The van der Waals surface area contributed by atoms with Crippen LogP contribution in [0.1, 0.15) is 52.3 Å². The smallest absolute Gasteiger partial charge is 0.295 e. The van der Waals surface area contributed by atoms with Crippen LogP contribution in [-0.4, -0.2) is 75.2 Å². The minimum absolute atomic E-state index is 0.0163. The Morgan fingerprint density at radius 2 is 1.83 bits per heavy atom. The number of ketones is 1. The molecule has 2 fully saturated rings. The lowest BCUT2D eigenvalue weighted by Gasteiger charge is -2.44. The summed E-state index contributed by atoms with van der Waals surface area (Å²) in [6, 6.07) is 7.56. The lowest BCUT2D eigenvalue weighted by Crippen LogP contribution is -2.57. The molecule has 10 heteroatoms. The molecule has 36 heavy (non-hydrogen) atoms. The molecule has 0 saturated carbocycles. The summed E-state index contributed by atoms with van der Waals surface area (Å²) in [7, 11) is 0. The number of hydrogen-bond acceptors (Lipinski definition) is 6. The second-order valence-corrected chi connectivity index (χ2v) is 11.2. The van der Waals surface area contributed by atoms with Crippen molar-refractivity contribution in [2.45, 2.75) is 45.3 Å². The summed E-state index contributed by atoms with van der Waals surface area (Å²) in [5, 5.41) is 2.80. The number of benzene rings is 1. The van der Waals surface area contributed by atoms with E-state index < -0.39 is 11.7 Å². The van der Waals surface area contributed by atoms with Crippen LogP contribution in [0.3, 0.4) is 0 Å². The number of nitrogens with zero attached hydrogens (tertiary/aromatic N) is 4. The van der Waals surface area contributed by atoms with Crippen LogP contribution in [-0.2, 0) is 11.3 Å². The first kappa shape index (κ1) is 24.8. The number of rotatable bonds is 5. The van der Waals surface area contributed by atoms with Crippen molar-refractivity contribution < 1.29 is 14.4 Å². The second kappa shape index (κ2) is 9.88. The zero-order chi connectivity index (χ0) is 25.6. The Hall–Kier alpha value is -2.88. The normalized spacial score (nSPS) is 20.9. The Morgan fingerprint density at radius 1 is 1.08 bits per heavy atom. The topological polar surface area (TPSA) is 91.9 Å². The van der Waals surface area contributed by atoms with Gasteiger partial charge in [0, 0.05) is 61.3 Å². The third kappa shape index (κ3) is 4.51. The van der Waals surface area contributed by atoms with Crippen LogP contribution in [0.5, 0.6) is 0 Å². The minimum atomic E-state index is -0.615. The Kier molecular flexibility index (Phi) is 6.80. The molecule has 2 amide bonds. The molecule has 8 nitrogen and oxygen atoms in total. The van der Waals surface area contributed by atoms with Gasteiger partial charge in [0.15, 0.2) is 0 Å². The van der Waals surface area contributed by atoms with Crippen LogP contribution in [0, 0.1) is 0 Å². The van der Waals surface area contributed by atoms with Crippen molar-refractivity contribution in [3.05, 3.63) is 56.9 Å². The number of carbonyl (C=O) groups is 3. The first-order valence-electron chi connectivity index (χ1n) is 12.2. The van der Waals surface area contributed by atoms with Crippen LogP contribution < -0.4 is 5.84 Å². The molecule has 4 heterocycles. The minimum Gasteiger partial charge on any atom is -0.339 e. The average molecular weight is 528 g/mol. The van der Waals surface area contributed by atoms with Crippen LogP contribution in [0.2, 0.25) is 5.02 Å². The average Bonchev–Trinajstić information content (AvgIpc) is 3.62. The molecule has 2 saturated heterocycles. The van der Waals surface area contributed by atoms with Gasteiger partial charge >= 0.3 is 0 Å². The highest BCUT2D eigenvalue weighted by atomic mass is 35.5. The number of thiophene rings is 1. The summed E-state index contributed by atoms with van der Waals surface area (Å²) >= 11 is 8.30. The molecule has 2 aliphatic rings. The van der Waals surface area contributed by atoms with Crippen molar-refractivity contribution >= 4 is 51.4 Å². The maximum Gasteiger partial charge on any atom is 0.295 e. The number of hydrogen-bond donors (Lipinski definition) is 1. The molecule has 3 aromatic rings. The highest BCUT2D eigenvalue weighted by Gasteiger charge is 2.34. The number of fused-ring (bicyclic) bond motifs is 1. The Morgan fingerprint density at radius 3 is 2.53 bits per heavy atom. The molecular formula is C26H30ClN5O3S. The molecule has 2 N–H and O–H groups in total. The number of nitrogens with two attached hydrogens (primary N) is 1. The van der Waals surface area contributed by atoms with Gasteiger partial charge in [-0.25, -0.2) is 0 Å². The van der Waals surface area contributed by atoms with E-state index in [0.29, 0.717) is 36.1 Å². The van der Waals surface area contributed by atoms with Crippen LogP contribution in [0.4, 0.5) is 0 Å². The molecule has 2 atom stereocenters. The standard InChI is InChI=1S/C26H30ClN5O3S/c1-16-13-31(17(2)12-30(16)14-18-6-5-9-36-18)25(34)20-10-19-21(15-32(28)23(19)11-22(20)27)24(33)26(35)29-7-3-4-8-29/h5-6,9-11,15-17H,3-4,7-8,12-14,28H2,1-2H3/t16-,17+/m0/s1. The van der Waals surface area contributed by atoms with Crippen molar-refractivity contribution in [3.63, 3.8) is 0 Å². The summed E-state index contributed by atoms with van der Waals surface area (Å²) in [5.41, 5.74) is 0.998. The number of amides is 2. The number of piperazine rings is 1. The van der Waals surface area contributed by atoms with Crippen LogP contribution in [0.25, 0.3) is 10.9 Å². The molecule has 2 aliphatic heterocycles. The second-order valence-electron chi connectivity index (χ2n) is 9.79. The molecule has 0 spiro atoms. The molecule has 0 radical (unpaired) electrons. The predicted molar refractivity (Wildman–Crippen MR) is 142 cm³/mol. The number of Topliss-reactive ketones (excluding diaryl/α,β-unsaturated/α-hetero) is 1. The van der Waals surface area contributed by atoms with Gasteiger partial charge in [0.2, 0.25) is 0 Å². The fraction of sp³-hybridized carbons (Fsp3) is 0.423. The summed E-state index contributed by atoms with van der Waals surface area (Å²) in [6.45, 7) is 7.50. The van der Waals surface area contributed by atoms with E-state index in [1.165, 1.54) is 15.8 Å². The number of carbonyl (C=O) groups excluding carboxylic acids is 3. The molecule has 0 unspecified atom stereocenters. The third-order valence-electron chi connectivity index (χ3n) is 7.30. The van der Waals surface area contributed by atoms with E-state index in [9.17, 15) is 14.4 Å². The van der Waals surface area contributed by atoms with Crippen molar-refractivity contribution in [1.82, 2.24) is 19.4 Å². The first-order valence-corrected chi connectivity index (χ1v) is 13.5. The predicted octanol–water partition coefficient (Wildman–Crippen LogP) is 3.61. The van der Waals surface area contributed by atoms with E-state index in [2.05, 4.69) is 29.3 Å². The summed E-state index contributed by atoms with van der Waals surface area (Å²) in [6.07, 6.45) is 3.23. The SMILES string of the molecule is C[C@@H]1CN(Cc2cccs2)[C@@H](C)CN1C(=O)c1cc2c(C(=O)C(=O)N3CCCC3)cn(N)c2cc1Cl. The molecule has 0 bridgehead atoms. The number of nitrogen functional groups attached to an aromatic ring is 1. The molecule has 0 aliphatic carbocycles. The molecule has 190 valence electrons. The molecular weight excluding hydrogens is 498 g/mol. The van der Waals surface area contributed by atoms with Crippen molar-refractivity contribution in [2.24, 2.45) is 0 Å². The van der Waals surface area contributed by atoms with Gasteiger partial charge in [-0.3, -0.25) is 24.0 Å². The maximum atomic E-state index is 13.7. The van der Waals surface area contributed by atoms with E-state index in [0.717, 1.165) is 25.9 Å². The van der Waals surface area contributed by atoms with Gasteiger partial charge < -0.3 is 15.6 Å². The van der Waals surface area contributed by atoms with Crippen LogP contribution in [0.15, 0.2) is 35.8 Å². The van der Waals surface area contributed by atoms with Crippen molar-refractivity contribution in [3.8, 4) is 0 Å². The zero-order valence-corrected chi connectivity index (χ0v) is 22.0. The maximum absolute atomic E-state index is 13.7. The largest absolute Gasteiger partial charge is 0.339 e. The van der Waals surface area contributed by atoms with Gasteiger partial charge in [-0.2, -0.15) is 0 Å². The van der Waals surface area contributed by atoms with Gasteiger partial charge in [0.1, 0.15) is 0 Å². The molecule has 1 aromatic carbocycles. The lowest BCUT2D eigenvalue weighted by atomic mass is 10.0. The molecule has 2 aromatic heterocycles. The fourth-order valence-electron chi connectivity index (χ4n) is 5.25. The van der Waals surface area contributed by atoms with E-state index in [4.69, 9.17) is 17.4 Å².